The zero-order chi connectivity index (χ0) is 18.3. The Bertz CT molecular complexity index is 589. The number of nitrogens with two attached hydrogens (primary N) is 1. The van der Waals surface area contributed by atoms with Gasteiger partial charge in [0.1, 0.15) is 17.8 Å². The van der Waals surface area contributed by atoms with E-state index in [1.54, 1.807) is 26.0 Å². The summed E-state index contributed by atoms with van der Waals surface area (Å²) in [6.45, 7) is 3.52. The van der Waals surface area contributed by atoms with E-state index in [9.17, 15) is 19.5 Å². The number of primary amides is 1. The zero-order valence-corrected chi connectivity index (χ0v) is 14.5. The number of carbonyl (C=O) groups excluding carboxylic acids is 3. The summed E-state index contributed by atoms with van der Waals surface area (Å²) in [6.07, 6.45) is 0.204. The lowest BCUT2D eigenvalue weighted by atomic mass is 10.0. The van der Waals surface area contributed by atoms with Crippen molar-refractivity contribution < 1.29 is 19.5 Å². The van der Waals surface area contributed by atoms with Crippen molar-refractivity contribution in [3.63, 3.8) is 0 Å². The highest BCUT2D eigenvalue weighted by molar-refractivity contribution is 7.81. The molecule has 132 valence electrons. The average molecular weight is 353 g/mol. The first-order valence-corrected chi connectivity index (χ1v) is 8.15. The Morgan fingerprint density at radius 2 is 1.75 bits per heavy atom. The van der Waals surface area contributed by atoms with Crippen LogP contribution >= 0.6 is 12.6 Å². The predicted molar refractivity (Wildman–Crippen MR) is 93.6 cm³/mol. The molecular weight excluding hydrogens is 330 g/mol. The smallest absolute Gasteiger partial charge is 0.243 e. The molecule has 0 heterocycles. The van der Waals surface area contributed by atoms with Crippen molar-refractivity contribution in [2.24, 2.45) is 11.7 Å². The zero-order valence-electron chi connectivity index (χ0n) is 13.7. The molecule has 0 fully saturated rings. The van der Waals surface area contributed by atoms with Crippen molar-refractivity contribution in [3.05, 3.63) is 29.8 Å². The molecule has 8 heteroatoms. The molecule has 0 spiro atoms. The van der Waals surface area contributed by atoms with Crippen molar-refractivity contribution in [1.82, 2.24) is 10.6 Å². The molecular formula is C16H23N3O4S. The van der Waals surface area contributed by atoms with Crippen molar-refractivity contribution >= 4 is 30.4 Å². The van der Waals surface area contributed by atoms with Gasteiger partial charge >= 0.3 is 0 Å². The topological polar surface area (TPSA) is 122 Å². The lowest BCUT2D eigenvalue weighted by Crippen LogP contribution is -2.55. The summed E-state index contributed by atoms with van der Waals surface area (Å²) in [5.41, 5.74) is 6.04. The third kappa shape index (κ3) is 6.11. The van der Waals surface area contributed by atoms with Crippen molar-refractivity contribution in [2.75, 3.05) is 5.75 Å². The van der Waals surface area contributed by atoms with Gasteiger partial charge in [-0.05, 0) is 23.6 Å². The van der Waals surface area contributed by atoms with Crippen LogP contribution in [0.4, 0.5) is 0 Å². The Labute approximate surface area is 146 Å². The van der Waals surface area contributed by atoms with Gasteiger partial charge in [-0.1, -0.05) is 26.0 Å². The second-order valence-corrected chi connectivity index (χ2v) is 6.10. The summed E-state index contributed by atoms with van der Waals surface area (Å²) in [7, 11) is 0. The van der Waals surface area contributed by atoms with Crippen LogP contribution in [-0.4, -0.2) is 40.7 Å². The summed E-state index contributed by atoms with van der Waals surface area (Å²) in [5.74, 6) is -1.69. The first kappa shape index (κ1) is 19.8. The number of nitrogens with one attached hydrogen (secondary N) is 2. The Kier molecular flexibility index (Phi) is 7.57. The van der Waals surface area contributed by atoms with E-state index in [-0.39, 0.29) is 23.8 Å². The average Bonchev–Trinajstić information content (AvgIpc) is 2.52. The fourth-order valence-electron chi connectivity index (χ4n) is 2.14. The van der Waals surface area contributed by atoms with Gasteiger partial charge in [-0.25, -0.2) is 0 Å². The molecule has 0 aliphatic rings. The normalized spacial score (nSPS) is 13.2. The van der Waals surface area contributed by atoms with Crippen molar-refractivity contribution in [3.8, 4) is 5.75 Å². The predicted octanol–water partition coefficient (Wildman–Crippen LogP) is -0.0246. The standard InChI is InChI=1S/C16H23N3O4S/c1-9(2)14(15(17)22)19-16(23)12(18-13(21)8-24)7-10-3-5-11(20)6-4-10/h3-6,9,12,14,20,24H,7-8H2,1-2H3,(H2,17,22)(H,18,21)(H,19,23)/t12-,14-/m0/s1. The van der Waals surface area contributed by atoms with Crippen LogP contribution in [-0.2, 0) is 20.8 Å². The number of aromatic hydroxyl groups is 1. The fraction of sp³-hybridized carbons (Fsp3) is 0.438. The first-order chi connectivity index (χ1) is 11.2. The van der Waals surface area contributed by atoms with Crippen LogP contribution in [0.1, 0.15) is 19.4 Å². The monoisotopic (exact) mass is 353 g/mol. The van der Waals surface area contributed by atoms with E-state index < -0.39 is 29.8 Å². The van der Waals surface area contributed by atoms with E-state index in [4.69, 9.17) is 5.73 Å². The van der Waals surface area contributed by atoms with Crippen LogP contribution in [0.3, 0.4) is 0 Å². The SMILES string of the molecule is CC(C)[C@H](NC(=O)[C@H](Cc1ccc(O)cc1)NC(=O)CS)C(N)=O. The Morgan fingerprint density at radius 3 is 2.21 bits per heavy atom. The van der Waals surface area contributed by atoms with Gasteiger partial charge in [0.2, 0.25) is 17.7 Å². The highest BCUT2D eigenvalue weighted by Crippen LogP contribution is 2.12. The summed E-state index contributed by atoms with van der Waals surface area (Å²) in [6, 6.07) is 4.57. The number of phenols is 1. The Morgan fingerprint density at radius 1 is 1.17 bits per heavy atom. The van der Waals surface area contributed by atoms with E-state index in [0.717, 1.165) is 5.56 Å². The Hall–Kier alpha value is -2.22. The van der Waals surface area contributed by atoms with Crippen molar-refractivity contribution in [1.29, 1.82) is 0 Å². The van der Waals surface area contributed by atoms with Gasteiger partial charge in [-0.2, -0.15) is 12.6 Å². The van der Waals surface area contributed by atoms with Crippen LogP contribution in [0.5, 0.6) is 5.75 Å². The van der Waals surface area contributed by atoms with Gasteiger partial charge in [-0.15, -0.1) is 0 Å². The first-order valence-electron chi connectivity index (χ1n) is 7.52. The molecule has 2 atom stereocenters. The highest BCUT2D eigenvalue weighted by atomic mass is 32.1. The molecule has 0 bridgehead atoms. The Balaban J connectivity index is 2.91. The van der Waals surface area contributed by atoms with E-state index in [0.29, 0.717) is 0 Å². The number of phenolic OH excluding ortho intramolecular Hbond substituents is 1. The van der Waals surface area contributed by atoms with E-state index in [1.165, 1.54) is 12.1 Å². The summed E-state index contributed by atoms with van der Waals surface area (Å²) >= 11 is 3.88. The second kappa shape index (κ2) is 9.17. The highest BCUT2D eigenvalue weighted by Gasteiger charge is 2.27. The number of rotatable bonds is 8. The lowest BCUT2D eigenvalue weighted by molar-refractivity contribution is -0.131. The quantitative estimate of drug-likeness (QED) is 0.422. The fourth-order valence-corrected chi connectivity index (χ4v) is 2.23. The molecule has 0 aliphatic carbocycles. The molecule has 1 aromatic rings. The molecule has 1 rings (SSSR count). The molecule has 0 saturated carbocycles. The summed E-state index contributed by atoms with van der Waals surface area (Å²) in [5, 5.41) is 14.5. The van der Waals surface area contributed by atoms with Gasteiger partial charge in [0.05, 0.1) is 5.75 Å². The minimum atomic E-state index is -0.880. The maximum Gasteiger partial charge on any atom is 0.243 e. The molecule has 3 amide bonds. The molecule has 0 aromatic heterocycles. The summed E-state index contributed by atoms with van der Waals surface area (Å²) < 4.78 is 0. The molecule has 24 heavy (non-hydrogen) atoms. The molecule has 0 aliphatic heterocycles. The molecule has 0 radical (unpaired) electrons. The number of thiol groups is 1. The van der Waals surface area contributed by atoms with Crippen LogP contribution < -0.4 is 16.4 Å². The third-order valence-corrected chi connectivity index (χ3v) is 3.73. The maximum absolute atomic E-state index is 12.5. The summed E-state index contributed by atoms with van der Waals surface area (Å²) in [4.78, 5) is 35.6. The van der Waals surface area contributed by atoms with Crippen molar-refractivity contribution in [2.45, 2.75) is 32.4 Å². The van der Waals surface area contributed by atoms with Gasteiger partial charge < -0.3 is 21.5 Å². The van der Waals surface area contributed by atoms with E-state index in [2.05, 4.69) is 23.3 Å². The van der Waals surface area contributed by atoms with Crippen LogP contribution in [0.2, 0.25) is 0 Å². The second-order valence-electron chi connectivity index (χ2n) is 5.78. The number of amides is 3. The van der Waals surface area contributed by atoms with Gasteiger partial charge in [0.25, 0.3) is 0 Å². The van der Waals surface area contributed by atoms with E-state index >= 15 is 0 Å². The van der Waals surface area contributed by atoms with Gasteiger partial charge in [0, 0.05) is 6.42 Å². The molecule has 1 aromatic carbocycles. The number of hydrogen-bond donors (Lipinski definition) is 5. The maximum atomic E-state index is 12.5. The third-order valence-electron chi connectivity index (χ3n) is 3.44. The lowest BCUT2D eigenvalue weighted by Gasteiger charge is -2.24. The van der Waals surface area contributed by atoms with Crippen LogP contribution in [0.25, 0.3) is 0 Å². The molecule has 0 saturated heterocycles. The minimum absolute atomic E-state index is 0.0667. The molecule has 7 nitrogen and oxygen atoms in total. The van der Waals surface area contributed by atoms with E-state index in [1.807, 2.05) is 0 Å². The molecule has 5 N–H and O–H groups in total. The van der Waals surface area contributed by atoms with Gasteiger partial charge in [-0.3, -0.25) is 14.4 Å². The minimum Gasteiger partial charge on any atom is -0.508 e. The number of hydrogen-bond acceptors (Lipinski definition) is 5. The van der Waals surface area contributed by atoms with Gasteiger partial charge in [0.15, 0.2) is 0 Å². The van der Waals surface area contributed by atoms with Crippen LogP contribution in [0, 0.1) is 5.92 Å². The van der Waals surface area contributed by atoms with Crippen LogP contribution in [0.15, 0.2) is 24.3 Å². The number of benzene rings is 1. The molecule has 0 unspecified atom stereocenters. The number of carbonyl (C=O) groups is 3. The largest absolute Gasteiger partial charge is 0.508 e.